The minimum atomic E-state index is -0.737. The Bertz CT molecular complexity index is 272. The van der Waals surface area contributed by atoms with Crippen molar-refractivity contribution in [3.63, 3.8) is 0 Å². The summed E-state index contributed by atoms with van der Waals surface area (Å²) in [5.41, 5.74) is 1.00. The van der Waals surface area contributed by atoms with Crippen molar-refractivity contribution < 1.29 is 9.90 Å². The van der Waals surface area contributed by atoms with Crippen LogP contribution in [0.15, 0.2) is 37.0 Å². The average Bonchev–Trinajstić information content (AvgIpc) is 3.09. The van der Waals surface area contributed by atoms with E-state index >= 15 is 0 Å². The molecule has 0 aromatic rings. The smallest absolute Gasteiger partial charge is 0.303 e. The highest BCUT2D eigenvalue weighted by molar-refractivity contribution is 5.68. The molecule has 16 heavy (non-hydrogen) atoms. The molecular formula is C14H22O2. The molecule has 0 heterocycles. The number of rotatable bonds is 6. The molecule has 1 fully saturated rings. The second kappa shape index (κ2) is 7.91. The van der Waals surface area contributed by atoms with Gasteiger partial charge in [0.25, 0.3) is 0 Å². The quantitative estimate of drug-likeness (QED) is 0.694. The van der Waals surface area contributed by atoms with E-state index in [4.69, 9.17) is 5.11 Å². The van der Waals surface area contributed by atoms with Gasteiger partial charge in [-0.15, -0.1) is 0 Å². The Morgan fingerprint density at radius 2 is 2.00 bits per heavy atom. The molecule has 1 aliphatic carbocycles. The van der Waals surface area contributed by atoms with Gasteiger partial charge in [0.1, 0.15) is 0 Å². The number of allylic oxidation sites excluding steroid dienone is 4. The Morgan fingerprint density at radius 3 is 2.31 bits per heavy atom. The van der Waals surface area contributed by atoms with Crippen LogP contribution in [0.25, 0.3) is 0 Å². The maximum atomic E-state index is 10.7. The van der Waals surface area contributed by atoms with Crippen molar-refractivity contribution in [2.75, 3.05) is 0 Å². The SMILES string of the molecule is C=C/C=C(\C=C)C(CC(=O)O)C1CC1.CC. The lowest BCUT2D eigenvalue weighted by Gasteiger charge is -2.14. The summed E-state index contributed by atoms with van der Waals surface area (Å²) >= 11 is 0. The molecule has 0 saturated heterocycles. The van der Waals surface area contributed by atoms with E-state index in [1.54, 1.807) is 12.2 Å². The molecule has 2 nitrogen and oxygen atoms in total. The van der Waals surface area contributed by atoms with Crippen LogP contribution in [0.2, 0.25) is 0 Å². The number of hydrogen-bond donors (Lipinski definition) is 1. The van der Waals surface area contributed by atoms with Gasteiger partial charge < -0.3 is 5.11 Å². The Labute approximate surface area is 98.4 Å². The first-order chi connectivity index (χ1) is 7.69. The van der Waals surface area contributed by atoms with E-state index in [1.807, 2.05) is 19.9 Å². The third-order valence-electron chi connectivity index (χ3n) is 2.56. The molecule has 0 spiro atoms. The van der Waals surface area contributed by atoms with Crippen LogP contribution >= 0.6 is 0 Å². The van der Waals surface area contributed by atoms with Crippen LogP contribution in [0.4, 0.5) is 0 Å². The summed E-state index contributed by atoms with van der Waals surface area (Å²) in [7, 11) is 0. The van der Waals surface area contributed by atoms with Gasteiger partial charge in [-0.1, -0.05) is 45.2 Å². The van der Waals surface area contributed by atoms with Crippen LogP contribution in [-0.2, 0) is 4.79 Å². The molecule has 0 amide bonds. The second-order valence-corrected chi connectivity index (χ2v) is 3.65. The summed E-state index contributed by atoms with van der Waals surface area (Å²) in [6.45, 7) is 11.3. The topological polar surface area (TPSA) is 37.3 Å². The highest BCUT2D eigenvalue weighted by Crippen LogP contribution is 2.42. The maximum Gasteiger partial charge on any atom is 0.303 e. The van der Waals surface area contributed by atoms with Crippen LogP contribution in [0.1, 0.15) is 33.1 Å². The summed E-state index contributed by atoms with van der Waals surface area (Å²) in [5.74, 6) is -0.0722. The second-order valence-electron chi connectivity index (χ2n) is 3.65. The lowest BCUT2D eigenvalue weighted by Crippen LogP contribution is -2.11. The van der Waals surface area contributed by atoms with Crippen LogP contribution in [-0.4, -0.2) is 11.1 Å². The molecule has 2 heteroatoms. The highest BCUT2D eigenvalue weighted by atomic mass is 16.4. The number of hydrogen-bond acceptors (Lipinski definition) is 1. The summed E-state index contributed by atoms with van der Waals surface area (Å²) in [6, 6.07) is 0. The highest BCUT2D eigenvalue weighted by Gasteiger charge is 2.33. The van der Waals surface area contributed by atoms with Crippen molar-refractivity contribution in [3.8, 4) is 0 Å². The molecule has 0 aromatic heterocycles. The van der Waals surface area contributed by atoms with Gasteiger partial charge in [0.15, 0.2) is 0 Å². The molecule has 0 bridgehead atoms. The number of aliphatic carboxylic acids is 1. The number of carbonyl (C=O) groups is 1. The molecule has 0 aromatic carbocycles. The standard InChI is InChI=1S/C12H16O2.C2H6/c1-3-5-9(4-2)11(8-12(13)14)10-6-7-10;1-2/h3-5,10-11H,1-2,6-8H2,(H,13,14);1-2H3/b9-5+;. The first-order valence-electron chi connectivity index (χ1n) is 5.86. The summed E-state index contributed by atoms with van der Waals surface area (Å²) in [5, 5.41) is 8.79. The third-order valence-corrected chi connectivity index (χ3v) is 2.56. The normalized spacial score (nSPS) is 16.8. The lowest BCUT2D eigenvalue weighted by molar-refractivity contribution is -0.137. The minimum Gasteiger partial charge on any atom is -0.481 e. The monoisotopic (exact) mass is 222 g/mol. The molecule has 1 N–H and O–H groups in total. The van der Waals surface area contributed by atoms with E-state index in [1.165, 1.54) is 0 Å². The molecule has 1 unspecified atom stereocenters. The predicted molar refractivity (Wildman–Crippen MR) is 68.3 cm³/mol. The van der Waals surface area contributed by atoms with Gasteiger partial charge in [0.2, 0.25) is 0 Å². The fourth-order valence-electron chi connectivity index (χ4n) is 1.72. The summed E-state index contributed by atoms with van der Waals surface area (Å²) in [4.78, 5) is 10.7. The summed E-state index contributed by atoms with van der Waals surface area (Å²) in [6.07, 6.45) is 7.78. The fraction of sp³-hybridized carbons (Fsp3) is 0.500. The first kappa shape index (κ1) is 14.7. The minimum absolute atomic E-state index is 0.128. The van der Waals surface area contributed by atoms with Crippen LogP contribution in [0.5, 0.6) is 0 Å². The first-order valence-corrected chi connectivity index (χ1v) is 5.86. The molecule has 0 aliphatic heterocycles. The van der Waals surface area contributed by atoms with E-state index in [2.05, 4.69) is 13.2 Å². The molecule has 1 rings (SSSR count). The molecule has 0 radical (unpaired) electrons. The van der Waals surface area contributed by atoms with Crippen LogP contribution in [0, 0.1) is 11.8 Å². The van der Waals surface area contributed by atoms with Crippen molar-refractivity contribution in [3.05, 3.63) is 37.0 Å². The number of carboxylic acids is 1. The molecule has 1 saturated carbocycles. The van der Waals surface area contributed by atoms with Crippen molar-refractivity contribution in [1.29, 1.82) is 0 Å². The zero-order valence-electron chi connectivity index (χ0n) is 10.3. The zero-order chi connectivity index (χ0) is 12.6. The number of carboxylic acid groups (broad SMARTS) is 1. The van der Waals surface area contributed by atoms with Crippen molar-refractivity contribution in [1.82, 2.24) is 0 Å². The third kappa shape index (κ3) is 4.96. The van der Waals surface area contributed by atoms with E-state index in [0.29, 0.717) is 5.92 Å². The largest absolute Gasteiger partial charge is 0.481 e. The van der Waals surface area contributed by atoms with Gasteiger partial charge in [-0.25, -0.2) is 0 Å². The van der Waals surface area contributed by atoms with Gasteiger partial charge >= 0.3 is 5.97 Å². The van der Waals surface area contributed by atoms with E-state index < -0.39 is 5.97 Å². The predicted octanol–water partition coefficient (Wildman–Crippen LogP) is 3.81. The fourth-order valence-corrected chi connectivity index (χ4v) is 1.72. The van der Waals surface area contributed by atoms with Crippen molar-refractivity contribution in [2.24, 2.45) is 11.8 Å². The molecule has 90 valence electrons. The lowest BCUT2D eigenvalue weighted by atomic mass is 9.90. The van der Waals surface area contributed by atoms with Gasteiger partial charge in [-0.3, -0.25) is 4.79 Å². The average molecular weight is 222 g/mol. The van der Waals surface area contributed by atoms with Crippen molar-refractivity contribution >= 4 is 5.97 Å². The van der Waals surface area contributed by atoms with Gasteiger partial charge in [0, 0.05) is 0 Å². The Balaban J connectivity index is 0.00000106. The van der Waals surface area contributed by atoms with Gasteiger partial charge in [-0.05, 0) is 30.3 Å². The van der Waals surface area contributed by atoms with Gasteiger partial charge in [0.05, 0.1) is 6.42 Å². The van der Waals surface area contributed by atoms with E-state index in [9.17, 15) is 4.79 Å². The maximum absolute atomic E-state index is 10.7. The Kier molecular flexibility index (Phi) is 7.27. The van der Waals surface area contributed by atoms with E-state index in [0.717, 1.165) is 18.4 Å². The molecular weight excluding hydrogens is 200 g/mol. The summed E-state index contributed by atoms with van der Waals surface area (Å²) < 4.78 is 0. The molecule has 1 aliphatic rings. The molecule has 1 atom stereocenters. The zero-order valence-corrected chi connectivity index (χ0v) is 10.3. The van der Waals surface area contributed by atoms with E-state index in [-0.39, 0.29) is 12.3 Å². The van der Waals surface area contributed by atoms with Crippen molar-refractivity contribution in [2.45, 2.75) is 33.1 Å². The Hall–Kier alpha value is -1.31. The Morgan fingerprint density at radius 1 is 1.44 bits per heavy atom. The van der Waals surface area contributed by atoms with Crippen LogP contribution < -0.4 is 0 Å². The van der Waals surface area contributed by atoms with Crippen LogP contribution in [0.3, 0.4) is 0 Å². The van der Waals surface area contributed by atoms with Gasteiger partial charge in [-0.2, -0.15) is 0 Å².